The monoisotopic (exact) mass is 506 g/mol. The Morgan fingerprint density at radius 3 is 1.82 bits per heavy atom. The number of halogens is 6. The number of fused-ring (bicyclic) bond motifs is 1. The van der Waals surface area contributed by atoms with Crippen LogP contribution in [0.3, 0.4) is 0 Å². The van der Waals surface area contributed by atoms with Crippen LogP contribution in [0, 0.1) is 34.9 Å². The van der Waals surface area contributed by atoms with Crippen molar-refractivity contribution in [1.29, 1.82) is 0 Å². The minimum Gasteiger partial charge on any atom is -0.540 e. The molecule has 1 nitrogen and oxygen atoms in total. The zero-order chi connectivity index (χ0) is 25.8. The summed E-state index contributed by atoms with van der Waals surface area (Å²) >= 11 is 0. The van der Waals surface area contributed by atoms with Gasteiger partial charge in [0.1, 0.15) is 5.82 Å². The van der Waals surface area contributed by atoms with Crippen molar-refractivity contribution in [3.8, 4) is 5.75 Å². The Kier molecular flexibility index (Phi) is 9.53. The number of hydrogen-bond acceptors (Lipinski definition) is 1. The molecule has 0 amide bonds. The van der Waals surface area contributed by atoms with Gasteiger partial charge in [-0.25, -0.2) is 22.0 Å². The van der Waals surface area contributed by atoms with Crippen molar-refractivity contribution in [2.24, 2.45) is 0 Å². The number of benzene rings is 2. The van der Waals surface area contributed by atoms with Gasteiger partial charge in [-0.2, -0.15) is 4.39 Å². The van der Waals surface area contributed by atoms with Gasteiger partial charge in [-0.3, -0.25) is 0 Å². The lowest BCUT2D eigenvalue weighted by Crippen LogP contribution is -2.53. The normalized spacial score (nSPS) is 14.1. The molecule has 0 saturated heterocycles. The fourth-order valence-electron chi connectivity index (χ4n) is 4.91. The third-order valence-corrected chi connectivity index (χ3v) is 12.9. The Hall–Kier alpha value is -1.70. The van der Waals surface area contributed by atoms with Gasteiger partial charge in [0.25, 0.3) is 8.32 Å². The smallest absolute Gasteiger partial charge is 0.259 e. The van der Waals surface area contributed by atoms with E-state index in [-0.39, 0.29) is 11.6 Å². The third-order valence-electron chi connectivity index (χ3n) is 6.84. The van der Waals surface area contributed by atoms with E-state index in [9.17, 15) is 22.0 Å². The second-order valence-corrected chi connectivity index (χ2v) is 15.6. The first-order chi connectivity index (χ1) is 15.8. The molecule has 8 heteroatoms. The predicted molar refractivity (Wildman–Crippen MR) is 128 cm³/mol. The maximum atomic E-state index is 15.0. The lowest BCUT2D eigenvalue weighted by Gasteiger charge is -2.45. The molecular weight excluding hydrogens is 470 g/mol. The lowest BCUT2D eigenvalue weighted by molar-refractivity contribution is 0.393. The summed E-state index contributed by atoms with van der Waals surface area (Å²) < 4.78 is 93.4. The quantitative estimate of drug-likeness (QED) is 0.0968. The minimum atomic E-state index is -3.08. The summed E-state index contributed by atoms with van der Waals surface area (Å²) in [5.74, 6) is -11.4. The van der Waals surface area contributed by atoms with Gasteiger partial charge in [0, 0.05) is 6.07 Å². The predicted octanol–water partition coefficient (Wildman–Crippen LogP) is 9.96. The first kappa shape index (κ1) is 28.5. The van der Waals surface area contributed by atoms with E-state index in [0.29, 0.717) is 6.04 Å². The highest BCUT2D eigenvalue weighted by Gasteiger charge is 2.51. The third kappa shape index (κ3) is 5.57. The molecule has 0 aromatic heterocycles. The van der Waals surface area contributed by atoms with E-state index in [0.717, 1.165) is 38.5 Å². The Labute approximate surface area is 200 Å². The molecule has 2 aromatic carbocycles. The van der Waals surface area contributed by atoms with Gasteiger partial charge in [-0.05, 0) is 16.6 Å². The van der Waals surface area contributed by atoms with Crippen molar-refractivity contribution in [1.82, 2.24) is 0 Å². The summed E-state index contributed by atoms with van der Waals surface area (Å²) in [6, 6.07) is 0.679. The molecule has 0 spiro atoms. The van der Waals surface area contributed by atoms with E-state index >= 15 is 4.39 Å². The van der Waals surface area contributed by atoms with E-state index in [2.05, 4.69) is 6.92 Å². The Balaban J connectivity index is 2.58. The van der Waals surface area contributed by atoms with Crippen molar-refractivity contribution >= 4 is 19.1 Å². The molecule has 0 aliphatic rings. The van der Waals surface area contributed by atoms with Gasteiger partial charge in [0.05, 0.1) is 10.8 Å². The van der Waals surface area contributed by atoms with E-state index < -0.39 is 64.8 Å². The van der Waals surface area contributed by atoms with Crippen LogP contribution < -0.4 is 4.43 Å². The van der Waals surface area contributed by atoms with Gasteiger partial charge < -0.3 is 4.43 Å². The molecule has 0 bridgehead atoms. The van der Waals surface area contributed by atoms with Crippen LogP contribution in [-0.4, -0.2) is 8.32 Å². The van der Waals surface area contributed by atoms with Crippen molar-refractivity contribution in [2.45, 2.75) is 103 Å². The molecule has 0 fully saturated rings. The molecular formula is C26H36F6OSi. The SMILES string of the molecule is CCCCCCCCC[Si](Oc1c(F)c(F)c(F)c2c(F)cc(F)c(F)c12)(C(C)C)C(C)(C)C. The summed E-state index contributed by atoms with van der Waals surface area (Å²) in [6.45, 7) is 11.7. The molecule has 0 heterocycles. The second kappa shape index (κ2) is 11.4. The number of rotatable bonds is 11. The fourth-order valence-corrected chi connectivity index (χ4v) is 9.95. The molecule has 0 aliphatic carbocycles. The molecule has 0 radical (unpaired) electrons. The van der Waals surface area contributed by atoms with Crippen LogP contribution in [0.25, 0.3) is 10.8 Å². The summed E-state index contributed by atoms with van der Waals surface area (Å²) in [6.07, 6.45) is 7.30. The van der Waals surface area contributed by atoms with Crippen LogP contribution in [0.4, 0.5) is 26.3 Å². The maximum absolute atomic E-state index is 15.0. The van der Waals surface area contributed by atoms with Crippen molar-refractivity contribution in [2.75, 3.05) is 0 Å². The van der Waals surface area contributed by atoms with Crippen molar-refractivity contribution < 1.29 is 30.8 Å². The molecule has 2 aromatic rings. The Bertz CT molecular complexity index is 1000. The zero-order valence-corrected chi connectivity index (χ0v) is 22.0. The van der Waals surface area contributed by atoms with Crippen LogP contribution in [-0.2, 0) is 0 Å². The van der Waals surface area contributed by atoms with Crippen molar-refractivity contribution in [3.05, 3.63) is 41.0 Å². The molecule has 1 unspecified atom stereocenters. The summed E-state index contributed by atoms with van der Waals surface area (Å²) in [4.78, 5) is 0. The summed E-state index contributed by atoms with van der Waals surface area (Å²) in [5, 5.41) is -2.70. The highest BCUT2D eigenvalue weighted by atomic mass is 28.4. The zero-order valence-electron chi connectivity index (χ0n) is 21.0. The van der Waals surface area contributed by atoms with Crippen LogP contribution >= 0.6 is 0 Å². The molecule has 0 aliphatic heterocycles. The fraction of sp³-hybridized carbons (Fsp3) is 0.615. The topological polar surface area (TPSA) is 9.23 Å². The van der Waals surface area contributed by atoms with Gasteiger partial charge in [-0.15, -0.1) is 0 Å². The van der Waals surface area contributed by atoms with Crippen molar-refractivity contribution in [3.63, 3.8) is 0 Å². The Morgan fingerprint density at radius 1 is 0.735 bits per heavy atom. The molecule has 192 valence electrons. The summed E-state index contributed by atoms with van der Waals surface area (Å²) in [7, 11) is -3.08. The van der Waals surface area contributed by atoms with E-state index in [4.69, 9.17) is 4.43 Å². The molecule has 0 saturated carbocycles. The van der Waals surface area contributed by atoms with Gasteiger partial charge in [0.2, 0.25) is 5.82 Å². The standard InChI is InChI=1S/C26H36F6OSi/c1-7-8-9-10-11-12-13-14-34(16(2)3,26(4,5)6)33-25-20-19(22(30)23(31)24(25)32)17(27)15-18(28)21(20)29/h15-16H,7-14H2,1-6H3. The van der Waals surface area contributed by atoms with E-state index in [1.54, 1.807) is 0 Å². The molecule has 34 heavy (non-hydrogen) atoms. The lowest BCUT2D eigenvalue weighted by atomic mass is 10.1. The van der Waals surface area contributed by atoms with Crippen LogP contribution in [0.15, 0.2) is 6.07 Å². The first-order valence-corrected chi connectivity index (χ1v) is 14.3. The molecule has 2 rings (SSSR count). The number of hydrogen-bond donors (Lipinski definition) is 0. The number of unbranched alkanes of at least 4 members (excludes halogenated alkanes) is 6. The van der Waals surface area contributed by atoms with Gasteiger partial charge in [0.15, 0.2) is 29.0 Å². The van der Waals surface area contributed by atoms with E-state index in [1.165, 1.54) is 6.42 Å². The van der Waals surface area contributed by atoms with Gasteiger partial charge >= 0.3 is 0 Å². The minimum absolute atomic E-state index is 0.122. The highest BCUT2D eigenvalue weighted by molar-refractivity contribution is 6.78. The largest absolute Gasteiger partial charge is 0.540 e. The average Bonchev–Trinajstić information content (AvgIpc) is 2.74. The van der Waals surface area contributed by atoms with Crippen LogP contribution in [0.1, 0.15) is 86.5 Å². The molecule has 1 atom stereocenters. The maximum Gasteiger partial charge on any atom is 0.259 e. The Morgan fingerprint density at radius 2 is 1.29 bits per heavy atom. The second-order valence-electron chi connectivity index (χ2n) is 10.4. The summed E-state index contributed by atoms with van der Waals surface area (Å²) in [5.41, 5.74) is -0.128. The van der Waals surface area contributed by atoms with Crippen LogP contribution in [0.5, 0.6) is 5.75 Å². The molecule has 0 N–H and O–H groups in total. The van der Waals surface area contributed by atoms with E-state index in [1.807, 2.05) is 34.6 Å². The average molecular weight is 507 g/mol. The highest BCUT2D eigenvalue weighted by Crippen LogP contribution is 2.50. The van der Waals surface area contributed by atoms with Gasteiger partial charge in [-0.1, -0.05) is 86.5 Å². The first-order valence-electron chi connectivity index (χ1n) is 12.1. The van der Waals surface area contributed by atoms with Crippen LogP contribution in [0.2, 0.25) is 16.6 Å².